The summed E-state index contributed by atoms with van der Waals surface area (Å²) in [5.74, 6) is 4.22. The van der Waals surface area contributed by atoms with E-state index < -0.39 is 0 Å². The number of ether oxygens (including phenoxy) is 2. The lowest BCUT2D eigenvalue weighted by Crippen LogP contribution is -2.57. The first-order valence-electron chi connectivity index (χ1n) is 16.7. The third-order valence-electron chi connectivity index (χ3n) is 10.0. The van der Waals surface area contributed by atoms with Crippen LogP contribution in [-0.4, -0.2) is 21.2 Å². The normalized spacial score (nSPS) is 12.7. The van der Waals surface area contributed by atoms with Crippen LogP contribution in [0.15, 0.2) is 128 Å². The Hall–Kier alpha value is -6.14. The summed E-state index contributed by atoms with van der Waals surface area (Å²) in [4.78, 5) is 10.1. The van der Waals surface area contributed by atoms with Gasteiger partial charge >= 0.3 is 0 Å². The number of aryl methyl sites for hydroxylation is 3. The lowest BCUT2D eigenvalue weighted by Gasteiger charge is -2.33. The number of fused-ring (bicyclic) bond motifs is 6. The Morgan fingerprint density at radius 1 is 0.612 bits per heavy atom. The summed E-state index contributed by atoms with van der Waals surface area (Å²) in [6, 6.07) is 42.4. The number of hydrogen-bond acceptors (Lipinski definition) is 4. The van der Waals surface area contributed by atoms with Gasteiger partial charge in [-0.1, -0.05) is 72.3 Å². The molecule has 8 aromatic rings. The number of pyridine rings is 1. The quantitative estimate of drug-likeness (QED) is 0.184. The molecule has 6 aromatic carbocycles. The highest BCUT2D eigenvalue weighted by Crippen LogP contribution is 2.38. The largest absolute Gasteiger partial charge is 0.458 e. The number of imidazole rings is 1. The van der Waals surface area contributed by atoms with E-state index in [0.717, 1.165) is 83.8 Å². The Kier molecular flexibility index (Phi) is 5.95. The molecular weight excluding hydrogens is 601 g/mol. The van der Waals surface area contributed by atoms with Gasteiger partial charge in [-0.05, 0) is 103 Å². The highest BCUT2D eigenvalue weighted by molar-refractivity contribution is 6.98. The van der Waals surface area contributed by atoms with Crippen LogP contribution in [0.4, 0.5) is 0 Å². The minimum absolute atomic E-state index is 0.103. The van der Waals surface area contributed by atoms with Crippen molar-refractivity contribution >= 4 is 44.9 Å². The molecule has 2 aliphatic heterocycles. The number of aromatic nitrogens is 3. The summed E-state index contributed by atoms with van der Waals surface area (Å²) in [6.07, 6.45) is 1.89. The Morgan fingerprint density at radius 3 is 2.06 bits per heavy atom. The summed E-state index contributed by atoms with van der Waals surface area (Å²) < 4.78 is 15.5. The topological polar surface area (TPSA) is 49.2 Å². The number of benzene rings is 6. The molecule has 0 saturated heterocycles. The Morgan fingerprint density at radius 2 is 1.29 bits per heavy atom. The van der Waals surface area contributed by atoms with Crippen LogP contribution in [0.25, 0.3) is 50.1 Å². The van der Waals surface area contributed by atoms with Gasteiger partial charge in [-0.3, -0.25) is 9.55 Å². The van der Waals surface area contributed by atoms with Crippen molar-refractivity contribution in [1.82, 2.24) is 14.5 Å². The van der Waals surface area contributed by atoms with Crippen LogP contribution in [-0.2, 0) is 0 Å². The van der Waals surface area contributed by atoms with Crippen molar-refractivity contribution < 1.29 is 9.47 Å². The molecule has 10 rings (SSSR count). The second kappa shape index (κ2) is 10.4. The SMILES string of the molecule is Cc1cc(C)c(-n2c(-c3ccc4c(c3)B3c5cc(-c6nccc7ccccc67)ccc5Oc5cccc(c53)O4)nc3ccccc32)c(C)c1. The van der Waals surface area contributed by atoms with Gasteiger partial charge in [-0.15, -0.1) is 0 Å². The predicted octanol–water partition coefficient (Wildman–Crippen LogP) is 8.56. The molecule has 0 spiro atoms. The van der Waals surface area contributed by atoms with Gasteiger partial charge in [-0.25, -0.2) is 4.98 Å². The lowest BCUT2D eigenvalue weighted by atomic mass is 9.34. The Balaban J connectivity index is 1.20. The summed E-state index contributed by atoms with van der Waals surface area (Å²) in [5, 5.41) is 2.29. The fraction of sp³-hybridized carbons (Fsp3) is 0.0698. The van der Waals surface area contributed by atoms with Gasteiger partial charge in [0, 0.05) is 28.2 Å². The molecule has 0 atom stereocenters. The zero-order valence-electron chi connectivity index (χ0n) is 27.4. The maximum Gasteiger partial charge on any atom is 0.260 e. The van der Waals surface area contributed by atoms with Crippen molar-refractivity contribution in [3.63, 3.8) is 0 Å². The number of hydrogen-bond donors (Lipinski definition) is 0. The van der Waals surface area contributed by atoms with Crippen molar-refractivity contribution in [2.45, 2.75) is 20.8 Å². The van der Waals surface area contributed by atoms with Gasteiger partial charge in [0.25, 0.3) is 6.71 Å². The molecule has 0 bridgehead atoms. The molecule has 0 fully saturated rings. The van der Waals surface area contributed by atoms with E-state index in [4.69, 9.17) is 19.4 Å². The summed E-state index contributed by atoms with van der Waals surface area (Å²) in [5.41, 5.74) is 13.1. The molecule has 0 unspecified atom stereocenters. The molecule has 0 radical (unpaired) electrons. The molecule has 0 N–H and O–H groups in total. The first-order valence-corrected chi connectivity index (χ1v) is 16.7. The van der Waals surface area contributed by atoms with Crippen molar-refractivity contribution in [3.8, 4) is 51.3 Å². The summed E-state index contributed by atoms with van der Waals surface area (Å²) >= 11 is 0. The molecular formula is C43H30BN3O2. The van der Waals surface area contributed by atoms with Gasteiger partial charge < -0.3 is 9.47 Å². The van der Waals surface area contributed by atoms with Gasteiger partial charge in [0.2, 0.25) is 0 Å². The van der Waals surface area contributed by atoms with Crippen LogP contribution in [0.1, 0.15) is 16.7 Å². The highest BCUT2D eigenvalue weighted by atomic mass is 16.5. The summed E-state index contributed by atoms with van der Waals surface area (Å²) in [7, 11) is 0. The number of para-hydroxylation sites is 2. The Labute approximate surface area is 284 Å². The van der Waals surface area contributed by atoms with Crippen LogP contribution < -0.4 is 25.9 Å². The monoisotopic (exact) mass is 631 g/mol. The van der Waals surface area contributed by atoms with Crippen LogP contribution >= 0.6 is 0 Å². The van der Waals surface area contributed by atoms with Gasteiger partial charge in [-0.2, -0.15) is 0 Å². The van der Waals surface area contributed by atoms with E-state index in [0.29, 0.717) is 0 Å². The van der Waals surface area contributed by atoms with Gasteiger partial charge in [0.15, 0.2) is 0 Å². The first-order chi connectivity index (χ1) is 24.0. The standard InChI is InChI=1S/C43H30BN3O2/c1-25-21-26(2)42(27(3)22-25)47-35-12-7-6-11-34(35)46-43(47)30-16-18-37-33(24-30)44-32-23-29(41-31-10-5-4-9-28(31)19-20-45-41)15-17-36(32)48-38-13-8-14-39(49-37)40(38)44/h4-24H,1-3H3. The maximum absolute atomic E-state index is 6.61. The van der Waals surface area contributed by atoms with Gasteiger partial charge in [0.05, 0.1) is 22.4 Å². The third kappa shape index (κ3) is 4.20. The van der Waals surface area contributed by atoms with Crippen molar-refractivity contribution in [3.05, 3.63) is 144 Å². The summed E-state index contributed by atoms with van der Waals surface area (Å²) in [6.45, 7) is 6.43. The molecule has 4 heterocycles. The average molecular weight is 632 g/mol. The van der Waals surface area contributed by atoms with Crippen LogP contribution in [0.3, 0.4) is 0 Å². The average Bonchev–Trinajstić information content (AvgIpc) is 3.49. The predicted molar refractivity (Wildman–Crippen MR) is 199 cm³/mol. The Bertz CT molecular complexity index is 2630. The van der Waals surface area contributed by atoms with Crippen molar-refractivity contribution in [2.75, 3.05) is 0 Å². The second-order valence-corrected chi connectivity index (χ2v) is 13.2. The van der Waals surface area contributed by atoms with Crippen molar-refractivity contribution in [1.29, 1.82) is 0 Å². The highest BCUT2D eigenvalue weighted by Gasteiger charge is 2.40. The molecule has 0 amide bonds. The molecule has 0 saturated carbocycles. The first kappa shape index (κ1) is 27.9. The molecule has 0 aliphatic carbocycles. The van der Waals surface area contributed by atoms with E-state index in [1.807, 2.05) is 24.4 Å². The van der Waals surface area contributed by atoms with E-state index in [1.165, 1.54) is 22.4 Å². The molecule has 2 aliphatic rings. The number of rotatable bonds is 3. The molecule has 6 heteroatoms. The van der Waals surface area contributed by atoms with Crippen molar-refractivity contribution in [2.24, 2.45) is 0 Å². The van der Waals surface area contributed by atoms with E-state index in [2.05, 4.69) is 128 Å². The van der Waals surface area contributed by atoms with E-state index in [1.54, 1.807) is 0 Å². The van der Waals surface area contributed by atoms with Crippen LogP contribution in [0, 0.1) is 20.8 Å². The molecule has 5 nitrogen and oxygen atoms in total. The van der Waals surface area contributed by atoms with E-state index in [-0.39, 0.29) is 6.71 Å². The molecule has 2 aromatic heterocycles. The fourth-order valence-electron chi connectivity index (χ4n) is 8.04. The van der Waals surface area contributed by atoms with Crippen LogP contribution in [0.5, 0.6) is 23.0 Å². The van der Waals surface area contributed by atoms with E-state index >= 15 is 0 Å². The second-order valence-electron chi connectivity index (χ2n) is 13.2. The molecule has 232 valence electrons. The lowest BCUT2D eigenvalue weighted by molar-refractivity contribution is 0.464. The minimum Gasteiger partial charge on any atom is -0.458 e. The van der Waals surface area contributed by atoms with Crippen LogP contribution in [0.2, 0.25) is 0 Å². The molecule has 49 heavy (non-hydrogen) atoms. The third-order valence-corrected chi connectivity index (χ3v) is 10.0. The minimum atomic E-state index is -0.103. The van der Waals surface area contributed by atoms with E-state index in [9.17, 15) is 0 Å². The fourth-order valence-corrected chi connectivity index (χ4v) is 8.04. The number of nitrogens with zero attached hydrogens (tertiary/aromatic N) is 3. The zero-order valence-corrected chi connectivity index (χ0v) is 27.4. The smallest absolute Gasteiger partial charge is 0.260 e. The zero-order chi connectivity index (χ0) is 32.8. The van der Waals surface area contributed by atoms with Gasteiger partial charge in [0.1, 0.15) is 28.8 Å². The maximum atomic E-state index is 6.61.